The second-order valence-electron chi connectivity index (χ2n) is 6.76. The first kappa shape index (κ1) is 25.4. The van der Waals surface area contributed by atoms with Gasteiger partial charge in [-0.1, -0.05) is 12.1 Å². The van der Waals surface area contributed by atoms with Crippen LogP contribution >= 0.6 is 35.7 Å². The average Bonchev–Trinajstić information content (AvgIpc) is 3.07. The molecule has 1 aromatic carbocycles. The lowest BCUT2D eigenvalue weighted by Gasteiger charge is -2.19. The lowest BCUT2D eigenvalue weighted by molar-refractivity contribution is -0.137. The van der Waals surface area contributed by atoms with Crippen LogP contribution in [0.5, 0.6) is 0 Å². The highest BCUT2D eigenvalue weighted by Crippen LogP contribution is 2.29. The Morgan fingerprint density at radius 1 is 1.25 bits per heavy atom. The van der Waals surface area contributed by atoms with Gasteiger partial charge in [-0.2, -0.15) is 24.9 Å². The van der Waals surface area contributed by atoms with Crippen LogP contribution < -0.4 is 10.6 Å². The first-order chi connectivity index (χ1) is 12.9. The highest BCUT2D eigenvalue weighted by molar-refractivity contribution is 14.0. The van der Waals surface area contributed by atoms with Gasteiger partial charge in [0, 0.05) is 39.3 Å². The molecule has 0 bridgehead atoms. The smallest absolute Gasteiger partial charge is 0.356 e. The summed E-state index contributed by atoms with van der Waals surface area (Å²) in [5, 5.41) is 6.79. The number of thioether (sulfide) groups is 1. The number of aliphatic imine (C=N–C) groups is 1. The highest BCUT2D eigenvalue weighted by Gasteiger charge is 2.30. The number of rotatable bonds is 8. The van der Waals surface area contributed by atoms with Crippen molar-refractivity contribution in [3.63, 3.8) is 0 Å². The molecule has 2 rings (SSSR count). The Morgan fingerprint density at radius 3 is 2.57 bits per heavy atom. The number of guanidine groups is 1. The van der Waals surface area contributed by atoms with Gasteiger partial charge in [0.25, 0.3) is 0 Å². The van der Waals surface area contributed by atoms with Gasteiger partial charge in [0.1, 0.15) is 0 Å². The Balaban J connectivity index is 0.00000392. The number of halogens is 4. The molecule has 1 atom stereocenters. The Kier molecular flexibility index (Phi) is 11.6. The first-order valence-electron chi connectivity index (χ1n) is 9.27. The third-order valence-electron chi connectivity index (χ3n) is 4.59. The lowest BCUT2D eigenvalue weighted by atomic mass is 10.1. The third-order valence-corrected chi connectivity index (χ3v) is 5.29. The maximum absolute atomic E-state index is 12.6. The predicted molar refractivity (Wildman–Crippen MR) is 123 cm³/mol. The van der Waals surface area contributed by atoms with Crippen molar-refractivity contribution < 1.29 is 13.2 Å². The van der Waals surface area contributed by atoms with Gasteiger partial charge in [-0.05, 0) is 49.0 Å². The van der Waals surface area contributed by atoms with Crippen molar-refractivity contribution >= 4 is 41.7 Å². The molecule has 0 spiro atoms. The average molecular weight is 530 g/mol. The molecule has 28 heavy (non-hydrogen) atoms. The third kappa shape index (κ3) is 8.77. The molecule has 1 fully saturated rings. The summed E-state index contributed by atoms with van der Waals surface area (Å²) in [6.45, 7) is 3.34. The molecule has 1 heterocycles. The Morgan fingerprint density at radius 2 is 1.96 bits per heavy atom. The van der Waals surface area contributed by atoms with Crippen molar-refractivity contribution in [2.24, 2.45) is 4.99 Å². The van der Waals surface area contributed by atoms with Crippen LogP contribution in [-0.4, -0.2) is 55.6 Å². The molecular weight excluding hydrogens is 500 g/mol. The SMILES string of the molecule is CN=C(NCCCCSC)NC1CCN(Cc2ccc(C(F)(F)F)cc2)C1.I. The van der Waals surface area contributed by atoms with E-state index < -0.39 is 11.7 Å². The van der Waals surface area contributed by atoms with Crippen LogP contribution in [0, 0.1) is 0 Å². The van der Waals surface area contributed by atoms with E-state index in [9.17, 15) is 13.2 Å². The summed E-state index contributed by atoms with van der Waals surface area (Å²) >= 11 is 1.86. The van der Waals surface area contributed by atoms with Gasteiger partial charge >= 0.3 is 6.18 Å². The summed E-state index contributed by atoms with van der Waals surface area (Å²) in [5.74, 6) is 2.00. The topological polar surface area (TPSA) is 39.7 Å². The van der Waals surface area contributed by atoms with Crippen LogP contribution in [0.2, 0.25) is 0 Å². The number of nitrogens with one attached hydrogen (secondary N) is 2. The summed E-state index contributed by atoms with van der Waals surface area (Å²) < 4.78 is 37.9. The summed E-state index contributed by atoms with van der Waals surface area (Å²) in [4.78, 5) is 6.53. The van der Waals surface area contributed by atoms with Gasteiger partial charge in [-0.15, -0.1) is 24.0 Å². The molecule has 0 amide bonds. The van der Waals surface area contributed by atoms with E-state index in [4.69, 9.17) is 0 Å². The number of alkyl halides is 3. The predicted octanol–water partition coefficient (Wildman–Crippen LogP) is 4.21. The molecule has 4 nitrogen and oxygen atoms in total. The van der Waals surface area contributed by atoms with Gasteiger partial charge in [-0.25, -0.2) is 0 Å². The molecular formula is C19H30F3IN4S. The van der Waals surface area contributed by atoms with Crippen LogP contribution in [0.1, 0.15) is 30.4 Å². The van der Waals surface area contributed by atoms with Gasteiger partial charge in [-0.3, -0.25) is 9.89 Å². The van der Waals surface area contributed by atoms with E-state index in [1.165, 1.54) is 12.2 Å². The minimum Gasteiger partial charge on any atom is -0.356 e. The van der Waals surface area contributed by atoms with Crippen LogP contribution in [0.25, 0.3) is 0 Å². The van der Waals surface area contributed by atoms with Crippen molar-refractivity contribution in [1.82, 2.24) is 15.5 Å². The van der Waals surface area contributed by atoms with Crippen LogP contribution in [0.4, 0.5) is 13.2 Å². The Hall–Kier alpha value is -0.680. The van der Waals surface area contributed by atoms with Crippen LogP contribution in [0.15, 0.2) is 29.3 Å². The van der Waals surface area contributed by atoms with Gasteiger partial charge < -0.3 is 10.6 Å². The lowest BCUT2D eigenvalue weighted by Crippen LogP contribution is -2.44. The molecule has 1 saturated heterocycles. The minimum atomic E-state index is -4.28. The van der Waals surface area contributed by atoms with Gasteiger partial charge in [0.05, 0.1) is 5.56 Å². The number of unbranched alkanes of at least 4 members (excludes halogenated alkanes) is 1. The number of benzene rings is 1. The standard InChI is InChI=1S/C19H29F3N4S.HI/c1-23-18(24-10-3-4-12-27-2)25-17-9-11-26(14-17)13-15-5-7-16(8-6-15)19(20,21)22;/h5-8,17H,3-4,9-14H2,1-2H3,(H2,23,24,25);1H. The zero-order valence-corrected chi connectivity index (χ0v) is 19.5. The van der Waals surface area contributed by atoms with Gasteiger partial charge in [0.2, 0.25) is 0 Å². The molecule has 0 aromatic heterocycles. The first-order valence-corrected chi connectivity index (χ1v) is 10.7. The number of likely N-dealkylation sites (tertiary alicyclic amines) is 1. The highest BCUT2D eigenvalue weighted by atomic mass is 127. The molecule has 1 aromatic rings. The maximum Gasteiger partial charge on any atom is 0.416 e. The summed E-state index contributed by atoms with van der Waals surface area (Å²) in [6, 6.07) is 5.75. The number of nitrogens with zero attached hydrogens (tertiary/aromatic N) is 2. The molecule has 9 heteroatoms. The van der Waals surface area contributed by atoms with Crippen molar-refractivity contribution in [1.29, 1.82) is 0 Å². The van der Waals surface area contributed by atoms with E-state index in [-0.39, 0.29) is 24.0 Å². The van der Waals surface area contributed by atoms with Crippen molar-refractivity contribution in [2.45, 2.75) is 38.0 Å². The normalized spacial score (nSPS) is 18.0. The zero-order chi connectivity index (χ0) is 19.7. The molecule has 1 aliphatic rings. The second kappa shape index (κ2) is 12.8. The van der Waals surface area contributed by atoms with E-state index in [2.05, 4.69) is 26.8 Å². The summed E-state index contributed by atoms with van der Waals surface area (Å²) in [6.07, 6.45) is 1.14. The van der Waals surface area contributed by atoms with E-state index >= 15 is 0 Å². The van der Waals surface area contributed by atoms with Crippen molar-refractivity contribution in [3.05, 3.63) is 35.4 Å². The van der Waals surface area contributed by atoms with E-state index in [0.717, 1.165) is 56.1 Å². The zero-order valence-electron chi connectivity index (χ0n) is 16.4. The van der Waals surface area contributed by atoms with Crippen LogP contribution in [0.3, 0.4) is 0 Å². The monoisotopic (exact) mass is 530 g/mol. The molecule has 1 aliphatic heterocycles. The maximum atomic E-state index is 12.6. The molecule has 0 radical (unpaired) electrons. The minimum absolute atomic E-state index is 0. The second-order valence-corrected chi connectivity index (χ2v) is 7.74. The fraction of sp³-hybridized carbons (Fsp3) is 0.632. The Bertz CT molecular complexity index is 596. The number of hydrogen-bond acceptors (Lipinski definition) is 3. The number of hydrogen-bond donors (Lipinski definition) is 2. The summed E-state index contributed by atoms with van der Waals surface area (Å²) in [7, 11) is 1.77. The molecule has 0 saturated carbocycles. The fourth-order valence-electron chi connectivity index (χ4n) is 3.12. The molecule has 2 N–H and O–H groups in total. The molecule has 1 unspecified atom stereocenters. The summed E-state index contributed by atoms with van der Waals surface area (Å²) in [5.41, 5.74) is 0.305. The van der Waals surface area contributed by atoms with Crippen LogP contribution in [-0.2, 0) is 12.7 Å². The molecule has 0 aliphatic carbocycles. The van der Waals surface area contributed by atoms with E-state index in [1.807, 2.05) is 11.8 Å². The van der Waals surface area contributed by atoms with Crippen molar-refractivity contribution in [3.8, 4) is 0 Å². The quantitative estimate of drug-likeness (QED) is 0.229. The Labute approximate surface area is 187 Å². The van der Waals surface area contributed by atoms with E-state index in [1.54, 1.807) is 19.2 Å². The van der Waals surface area contributed by atoms with Crippen molar-refractivity contribution in [2.75, 3.05) is 38.7 Å². The van der Waals surface area contributed by atoms with E-state index in [0.29, 0.717) is 12.6 Å². The molecule has 160 valence electrons. The fourth-order valence-corrected chi connectivity index (χ4v) is 3.61. The van der Waals surface area contributed by atoms with Gasteiger partial charge in [0.15, 0.2) is 5.96 Å². The largest absolute Gasteiger partial charge is 0.416 e.